The minimum absolute atomic E-state index is 0. The normalized spacial score (nSPS) is 19.6. The minimum atomic E-state index is 0. The Morgan fingerprint density at radius 3 is 2.41 bits per heavy atom. The number of nitrogens with two attached hydrogens (primary N) is 1. The predicted octanol–water partition coefficient (Wildman–Crippen LogP) is 3.44. The molecule has 1 saturated heterocycles. The number of hydrogen-bond donors (Lipinski definition) is 2. The maximum atomic E-state index is 6.02. The number of unbranched alkanes of at least 4 members (excludes halogenated alkanes) is 1. The third kappa shape index (κ3) is 7.86. The summed E-state index contributed by atoms with van der Waals surface area (Å²) in [5.41, 5.74) is 7.37. The first-order chi connectivity index (χ1) is 12.8. The molecule has 2 aliphatic rings. The quantitative estimate of drug-likeness (QED) is 0.269. The summed E-state index contributed by atoms with van der Waals surface area (Å²) in [7, 11) is 0. The van der Waals surface area contributed by atoms with Crippen LogP contribution in [0, 0.1) is 0 Å². The Morgan fingerprint density at radius 1 is 1.00 bits per heavy atom. The van der Waals surface area contributed by atoms with Crippen LogP contribution < -0.4 is 16.0 Å². The van der Waals surface area contributed by atoms with E-state index in [1.165, 1.54) is 50.8 Å². The molecule has 27 heavy (non-hydrogen) atoms. The zero-order chi connectivity index (χ0) is 18.0. The van der Waals surface area contributed by atoms with E-state index in [0.29, 0.717) is 12.0 Å². The van der Waals surface area contributed by atoms with Crippen LogP contribution in [-0.2, 0) is 0 Å². The van der Waals surface area contributed by atoms with E-state index < -0.39 is 0 Å². The van der Waals surface area contributed by atoms with Gasteiger partial charge in [0.1, 0.15) is 0 Å². The predicted molar refractivity (Wildman–Crippen MR) is 126 cm³/mol. The van der Waals surface area contributed by atoms with E-state index in [2.05, 4.69) is 50.4 Å². The van der Waals surface area contributed by atoms with E-state index in [-0.39, 0.29) is 24.0 Å². The molecule has 6 heteroatoms. The molecule has 1 aliphatic carbocycles. The Hall–Kier alpha value is -1.02. The van der Waals surface area contributed by atoms with Crippen LogP contribution >= 0.6 is 24.0 Å². The topological polar surface area (TPSA) is 56.9 Å². The standard InChI is InChI=1S/C21H35N5.HI/c22-21(24-19-9-3-1-4-10-19)23-13-7-8-14-25-15-17-26(18-16-25)20-11-5-2-6-12-20;/h2,5-6,11-12,19H,1,3-4,7-10,13-18H2,(H3,22,23,24);1H. The van der Waals surface area contributed by atoms with Crippen molar-refractivity contribution < 1.29 is 0 Å². The summed E-state index contributed by atoms with van der Waals surface area (Å²) in [6, 6.07) is 11.3. The summed E-state index contributed by atoms with van der Waals surface area (Å²) in [4.78, 5) is 9.57. The van der Waals surface area contributed by atoms with E-state index in [1.807, 2.05) is 0 Å². The number of benzene rings is 1. The average Bonchev–Trinajstić information content (AvgIpc) is 2.70. The van der Waals surface area contributed by atoms with E-state index in [0.717, 1.165) is 39.1 Å². The Bertz CT molecular complexity index is 537. The molecule has 1 heterocycles. The van der Waals surface area contributed by atoms with Crippen molar-refractivity contribution in [2.45, 2.75) is 51.0 Å². The van der Waals surface area contributed by atoms with Gasteiger partial charge in [0.05, 0.1) is 0 Å². The Kier molecular flexibility index (Phi) is 10.3. The largest absolute Gasteiger partial charge is 0.370 e. The van der Waals surface area contributed by atoms with Crippen LogP contribution in [-0.4, -0.2) is 56.2 Å². The number of para-hydroxylation sites is 1. The molecule has 152 valence electrons. The van der Waals surface area contributed by atoms with Gasteiger partial charge in [-0.3, -0.25) is 9.89 Å². The first-order valence-corrected chi connectivity index (χ1v) is 10.4. The molecule has 3 rings (SSSR count). The molecule has 5 nitrogen and oxygen atoms in total. The van der Waals surface area contributed by atoms with Crippen LogP contribution in [0.15, 0.2) is 35.3 Å². The van der Waals surface area contributed by atoms with Crippen LogP contribution in [0.2, 0.25) is 0 Å². The second-order valence-corrected chi connectivity index (χ2v) is 7.62. The number of guanidine groups is 1. The van der Waals surface area contributed by atoms with Gasteiger partial charge in [0.25, 0.3) is 0 Å². The molecule has 1 saturated carbocycles. The van der Waals surface area contributed by atoms with Gasteiger partial charge < -0.3 is 16.0 Å². The molecule has 0 spiro atoms. The highest BCUT2D eigenvalue weighted by Gasteiger charge is 2.16. The summed E-state index contributed by atoms with van der Waals surface area (Å²) in [5, 5.41) is 3.39. The first kappa shape index (κ1) is 22.3. The maximum Gasteiger partial charge on any atom is 0.188 e. The fourth-order valence-corrected chi connectivity index (χ4v) is 4.02. The lowest BCUT2D eigenvalue weighted by Crippen LogP contribution is -2.46. The van der Waals surface area contributed by atoms with Crippen LogP contribution in [0.3, 0.4) is 0 Å². The lowest BCUT2D eigenvalue weighted by Gasteiger charge is -2.36. The fourth-order valence-electron chi connectivity index (χ4n) is 4.02. The molecule has 3 N–H and O–H groups in total. The van der Waals surface area contributed by atoms with Gasteiger partial charge in [0.15, 0.2) is 5.96 Å². The fraction of sp³-hybridized carbons (Fsp3) is 0.667. The number of aliphatic imine (C=N–C) groups is 1. The third-order valence-electron chi connectivity index (χ3n) is 5.62. The van der Waals surface area contributed by atoms with E-state index in [1.54, 1.807) is 0 Å². The maximum absolute atomic E-state index is 6.02. The van der Waals surface area contributed by atoms with Crippen molar-refractivity contribution in [3.63, 3.8) is 0 Å². The molecule has 0 radical (unpaired) electrons. The van der Waals surface area contributed by atoms with Crippen molar-refractivity contribution in [3.05, 3.63) is 30.3 Å². The molecular formula is C21H36IN5. The van der Waals surface area contributed by atoms with Crippen LogP contribution in [0.1, 0.15) is 44.9 Å². The number of nitrogens with zero attached hydrogens (tertiary/aromatic N) is 3. The highest BCUT2D eigenvalue weighted by molar-refractivity contribution is 14.0. The second kappa shape index (κ2) is 12.4. The lowest BCUT2D eigenvalue weighted by molar-refractivity contribution is 0.253. The molecule has 0 amide bonds. The minimum Gasteiger partial charge on any atom is -0.370 e. The van der Waals surface area contributed by atoms with Gasteiger partial charge in [-0.15, -0.1) is 24.0 Å². The second-order valence-electron chi connectivity index (χ2n) is 7.62. The molecule has 0 atom stereocenters. The van der Waals surface area contributed by atoms with Gasteiger partial charge in [0.2, 0.25) is 0 Å². The molecule has 0 bridgehead atoms. The summed E-state index contributed by atoms with van der Waals surface area (Å²) in [6.07, 6.45) is 8.81. The van der Waals surface area contributed by atoms with Crippen molar-refractivity contribution in [2.75, 3.05) is 44.2 Å². The van der Waals surface area contributed by atoms with Gasteiger partial charge in [-0.05, 0) is 44.4 Å². The van der Waals surface area contributed by atoms with Gasteiger partial charge in [-0.25, -0.2) is 0 Å². The summed E-state index contributed by atoms with van der Waals surface area (Å²) in [6.45, 7) is 6.58. The average molecular weight is 485 g/mol. The van der Waals surface area contributed by atoms with Crippen molar-refractivity contribution in [2.24, 2.45) is 10.7 Å². The van der Waals surface area contributed by atoms with E-state index in [9.17, 15) is 0 Å². The van der Waals surface area contributed by atoms with Crippen molar-refractivity contribution >= 4 is 35.6 Å². The molecule has 0 aromatic heterocycles. The number of halogens is 1. The first-order valence-electron chi connectivity index (χ1n) is 10.4. The van der Waals surface area contributed by atoms with Gasteiger partial charge in [-0.2, -0.15) is 0 Å². The van der Waals surface area contributed by atoms with E-state index in [4.69, 9.17) is 5.73 Å². The van der Waals surface area contributed by atoms with Crippen molar-refractivity contribution in [3.8, 4) is 0 Å². The smallest absolute Gasteiger partial charge is 0.188 e. The number of hydrogen-bond acceptors (Lipinski definition) is 3. The zero-order valence-electron chi connectivity index (χ0n) is 16.5. The van der Waals surface area contributed by atoms with Gasteiger partial charge in [-0.1, -0.05) is 37.5 Å². The Balaban J connectivity index is 0.00000261. The van der Waals surface area contributed by atoms with Gasteiger partial charge in [0, 0.05) is 44.5 Å². The molecule has 1 aromatic rings. The zero-order valence-corrected chi connectivity index (χ0v) is 18.8. The number of anilines is 1. The SMILES string of the molecule is I.NC(=NCCCCN1CCN(c2ccccc2)CC1)NC1CCCCC1. The molecular weight excluding hydrogens is 449 g/mol. The Morgan fingerprint density at radius 2 is 1.70 bits per heavy atom. The summed E-state index contributed by atoms with van der Waals surface area (Å²) >= 11 is 0. The summed E-state index contributed by atoms with van der Waals surface area (Å²) < 4.78 is 0. The highest BCUT2D eigenvalue weighted by Crippen LogP contribution is 2.17. The number of nitrogens with one attached hydrogen (secondary N) is 1. The molecule has 1 aromatic carbocycles. The lowest BCUT2D eigenvalue weighted by atomic mass is 9.96. The van der Waals surface area contributed by atoms with E-state index >= 15 is 0 Å². The van der Waals surface area contributed by atoms with Crippen LogP contribution in [0.5, 0.6) is 0 Å². The van der Waals surface area contributed by atoms with Gasteiger partial charge >= 0.3 is 0 Å². The van der Waals surface area contributed by atoms with Crippen LogP contribution in [0.4, 0.5) is 5.69 Å². The number of piperazine rings is 1. The molecule has 1 aliphatic heterocycles. The Labute approximate surface area is 181 Å². The number of rotatable bonds is 7. The van der Waals surface area contributed by atoms with Crippen LogP contribution in [0.25, 0.3) is 0 Å². The highest BCUT2D eigenvalue weighted by atomic mass is 127. The van der Waals surface area contributed by atoms with Crippen molar-refractivity contribution in [1.82, 2.24) is 10.2 Å². The van der Waals surface area contributed by atoms with Crippen molar-refractivity contribution in [1.29, 1.82) is 0 Å². The monoisotopic (exact) mass is 485 g/mol. The molecule has 2 fully saturated rings. The third-order valence-corrected chi connectivity index (χ3v) is 5.62. The molecule has 0 unspecified atom stereocenters. The summed E-state index contributed by atoms with van der Waals surface area (Å²) in [5.74, 6) is 0.647.